The van der Waals surface area contributed by atoms with Gasteiger partial charge in [0.2, 0.25) is 5.91 Å². The number of Topliss-reactive ketones (excluding diaryl/α,β-unsaturated/α-hetero) is 2. The van der Waals surface area contributed by atoms with E-state index in [9.17, 15) is 14.4 Å². The van der Waals surface area contributed by atoms with Gasteiger partial charge in [0.05, 0.1) is 39.6 Å². The topological polar surface area (TPSA) is 206 Å². The number of nitrogens with one attached hydrogen (secondary N) is 4. The molecule has 1 aliphatic carbocycles. The van der Waals surface area contributed by atoms with E-state index >= 15 is 14.4 Å². The third kappa shape index (κ3) is 31.5. The number of amides is 4. The summed E-state index contributed by atoms with van der Waals surface area (Å²) in [6.45, 7) is 7.04. The molecule has 0 bridgehead atoms. The second kappa shape index (κ2) is 47.8. The molecule has 0 radical (unpaired) electrons. The minimum Gasteiger partial charge on any atom is -0.493 e. The molecule has 96 heavy (non-hydrogen) atoms. The fraction of sp³-hybridized carbons (Fsp3) is 0.550. The molecule has 4 N–H and O–H groups in total. The second-order valence-electron chi connectivity index (χ2n) is 24.5. The van der Waals surface area contributed by atoms with Crippen LogP contribution in [0.4, 0.5) is 0 Å². The van der Waals surface area contributed by atoms with Crippen LogP contribution in [-0.4, -0.2) is 99.5 Å². The third-order valence-corrected chi connectivity index (χ3v) is 16.2. The van der Waals surface area contributed by atoms with Crippen LogP contribution in [0.1, 0.15) is 248 Å². The lowest BCUT2D eigenvalue weighted by Crippen LogP contribution is -2.53. The number of benzene rings is 3. The first kappa shape index (κ1) is 79.5. The number of rotatable bonds is 50. The van der Waals surface area contributed by atoms with Gasteiger partial charge in [-0.15, -0.1) is 74.1 Å². The molecular formula is C80H104N4O12. The van der Waals surface area contributed by atoms with Gasteiger partial charge in [-0.3, -0.25) is 19.2 Å². The van der Waals surface area contributed by atoms with E-state index < -0.39 is 35.8 Å². The molecule has 3 aromatic rings. The first-order valence-corrected chi connectivity index (χ1v) is 34.7. The smallest absolute Gasteiger partial charge is 0.251 e. The largest absolute Gasteiger partial charge is 0.493 e. The van der Waals surface area contributed by atoms with Gasteiger partial charge in [-0.2, -0.15) is 0 Å². The van der Waals surface area contributed by atoms with Crippen LogP contribution in [0, 0.1) is 74.1 Å². The molecule has 0 heterocycles. The van der Waals surface area contributed by atoms with Crippen LogP contribution in [0.25, 0.3) is 0 Å². The molecule has 0 aliphatic heterocycles. The third-order valence-electron chi connectivity index (χ3n) is 16.2. The minimum absolute atomic E-state index is 0.0994. The van der Waals surface area contributed by atoms with Crippen molar-refractivity contribution in [2.75, 3.05) is 46.2 Å². The maximum Gasteiger partial charge on any atom is 0.251 e. The predicted molar refractivity (Wildman–Crippen MR) is 379 cm³/mol. The maximum atomic E-state index is 15.0. The van der Waals surface area contributed by atoms with Crippen molar-refractivity contribution in [1.29, 1.82) is 0 Å². The second-order valence-corrected chi connectivity index (χ2v) is 24.5. The Hall–Kier alpha value is -8.96. The van der Waals surface area contributed by atoms with E-state index in [1.165, 1.54) is 6.92 Å². The SMILES string of the molecule is C#CCCCCOc1cc(C(=O)N[C@@H]2CC(NC(=O)c3cc(OCCCCC#C)c(CCCNC(C)=O)c(OCCCCC#C)c3)C[C@H](NC(=O)c3cc(OCCCCC#C)c(CCCCC(C)=O)c(OCCCCC#C)c3)C2)cc(OCCCCC#C)c1CCCCC(C)=O. The number of unbranched alkanes of at least 4 members (excludes halogenated alkanes) is 14. The molecule has 3 atom stereocenters. The molecule has 0 spiro atoms. The summed E-state index contributed by atoms with van der Waals surface area (Å²) in [6, 6.07) is 8.52. The first-order chi connectivity index (χ1) is 46.6. The van der Waals surface area contributed by atoms with E-state index in [-0.39, 0.29) is 53.4 Å². The normalized spacial score (nSPS) is 13.7. The Labute approximate surface area is 573 Å². The summed E-state index contributed by atoms with van der Waals surface area (Å²) < 4.78 is 38.9. The molecule has 16 heteroatoms. The van der Waals surface area contributed by atoms with E-state index in [2.05, 4.69) is 56.8 Å². The summed E-state index contributed by atoms with van der Waals surface area (Å²) in [5.74, 6) is 17.7. The van der Waals surface area contributed by atoms with Gasteiger partial charge in [0.25, 0.3) is 17.7 Å². The van der Waals surface area contributed by atoms with Gasteiger partial charge in [0.15, 0.2) is 0 Å². The van der Waals surface area contributed by atoms with Gasteiger partial charge in [-0.1, -0.05) is 0 Å². The van der Waals surface area contributed by atoms with Gasteiger partial charge in [-0.05, 0) is 198 Å². The van der Waals surface area contributed by atoms with E-state index in [0.29, 0.717) is 222 Å². The van der Waals surface area contributed by atoms with Crippen molar-refractivity contribution in [2.45, 2.75) is 238 Å². The first-order valence-electron chi connectivity index (χ1n) is 34.7. The van der Waals surface area contributed by atoms with Crippen molar-refractivity contribution in [2.24, 2.45) is 0 Å². The van der Waals surface area contributed by atoms with Gasteiger partial charge >= 0.3 is 0 Å². The lowest BCUT2D eigenvalue weighted by molar-refractivity contribution is -0.119. The Balaban J connectivity index is 1.86. The Kier molecular flexibility index (Phi) is 39.6. The van der Waals surface area contributed by atoms with E-state index in [4.69, 9.17) is 67.0 Å². The van der Waals surface area contributed by atoms with Gasteiger partial charge in [0, 0.05) is 116 Å². The van der Waals surface area contributed by atoms with Crippen LogP contribution in [0.3, 0.4) is 0 Å². The van der Waals surface area contributed by atoms with Crippen molar-refractivity contribution >= 4 is 35.2 Å². The van der Waals surface area contributed by atoms with Crippen molar-refractivity contribution in [3.63, 3.8) is 0 Å². The Bertz CT molecular complexity index is 2740. The van der Waals surface area contributed by atoms with Crippen LogP contribution in [0.2, 0.25) is 0 Å². The summed E-state index contributed by atoms with van der Waals surface area (Å²) >= 11 is 0. The zero-order valence-corrected chi connectivity index (χ0v) is 57.4. The van der Waals surface area contributed by atoms with Crippen molar-refractivity contribution in [1.82, 2.24) is 21.3 Å². The summed E-state index contributed by atoms with van der Waals surface area (Å²) in [6.07, 6.45) is 52.0. The van der Waals surface area contributed by atoms with Crippen molar-refractivity contribution in [3.8, 4) is 109 Å². The molecule has 4 rings (SSSR count). The molecule has 1 aliphatic rings. The molecule has 0 saturated heterocycles. The van der Waals surface area contributed by atoms with Gasteiger partial charge < -0.3 is 59.3 Å². The zero-order chi connectivity index (χ0) is 69.6. The quantitative estimate of drug-likeness (QED) is 0.0308. The fourth-order valence-electron chi connectivity index (χ4n) is 11.2. The van der Waals surface area contributed by atoms with Crippen LogP contribution in [0.5, 0.6) is 34.5 Å². The summed E-state index contributed by atoms with van der Waals surface area (Å²) in [5, 5.41) is 12.7. The molecule has 4 amide bonds. The summed E-state index contributed by atoms with van der Waals surface area (Å²) in [5.41, 5.74) is 3.15. The highest BCUT2D eigenvalue weighted by Gasteiger charge is 2.34. The van der Waals surface area contributed by atoms with Gasteiger partial charge in [-0.25, -0.2) is 0 Å². The molecule has 16 nitrogen and oxygen atoms in total. The van der Waals surface area contributed by atoms with E-state index in [1.54, 1.807) is 50.2 Å². The molecule has 0 aromatic heterocycles. The number of ketones is 2. The average Bonchev–Trinajstić information content (AvgIpc) is 0.842. The number of ether oxygens (including phenoxy) is 6. The number of carbonyl (C=O) groups is 6. The van der Waals surface area contributed by atoms with Crippen LogP contribution >= 0.6 is 0 Å². The Morgan fingerprint density at radius 3 is 0.812 bits per heavy atom. The van der Waals surface area contributed by atoms with E-state index in [0.717, 1.165) is 55.2 Å². The fourth-order valence-corrected chi connectivity index (χ4v) is 11.2. The average molecular weight is 1310 g/mol. The minimum atomic E-state index is -0.608. The maximum absolute atomic E-state index is 15.0. The lowest BCUT2D eigenvalue weighted by atomic mass is 9.86. The Morgan fingerprint density at radius 2 is 0.594 bits per heavy atom. The number of terminal acetylenes is 6. The summed E-state index contributed by atoms with van der Waals surface area (Å²) in [4.78, 5) is 80.9. The van der Waals surface area contributed by atoms with Gasteiger partial charge in [0.1, 0.15) is 46.1 Å². The van der Waals surface area contributed by atoms with Crippen LogP contribution in [0.15, 0.2) is 36.4 Å². The predicted octanol–water partition coefficient (Wildman–Crippen LogP) is 13.3. The van der Waals surface area contributed by atoms with Crippen LogP contribution < -0.4 is 49.7 Å². The molecular weight excluding hydrogens is 1210 g/mol. The highest BCUT2D eigenvalue weighted by atomic mass is 16.5. The molecule has 3 aromatic carbocycles. The highest BCUT2D eigenvalue weighted by molar-refractivity contribution is 5.97. The molecule has 516 valence electrons. The molecule has 1 fully saturated rings. The number of hydrogen-bond acceptors (Lipinski definition) is 12. The van der Waals surface area contributed by atoms with Crippen molar-refractivity contribution < 1.29 is 57.2 Å². The highest BCUT2D eigenvalue weighted by Crippen LogP contribution is 2.37. The van der Waals surface area contributed by atoms with Crippen molar-refractivity contribution in [3.05, 3.63) is 69.8 Å². The van der Waals surface area contributed by atoms with Crippen LogP contribution in [-0.2, 0) is 33.6 Å². The zero-order valence-electron chi connectivity index (χ0n) is 57.4. The molecule has 1 unspecified atom stereocenters. The number of carbonyl (C=O) groups excluding carboxylic acids is 6. The number of hydrogen-bond donors (Lipinski definition) is 4. The molecule has 1 saturated carbocycles. The lowest BCUT2D eigenvalue weighted by Gasteiger charge is -2.36. The standard InChI is InChI=1S/C80H104N4O12/c1-10-16-22-32-45-91-72-51-63(52-73(92-46-33-23-17-11-2)69(72)41-30-28-39-60(7)85)78(88)82-66-57-67(83-79(89)64-53-74(93-47-34-24-18-12-3)70(42-31-29-40-61(8)86)75(54-64)94-48-35-25-19-13-4)59-68(58-66)84-80(90)65-55-76(95-49-36-26-20-14-5)71(43-38-44-81-62(9)87)77(56-65)96-50-37-27-21-15-6/h1-6,51-56,66-68H,16-50,57-59H2,7-9H3,(H,81,87)(H,82,88)(H,83,89)(H,84,90)/t66-,67+,68?. The van der Waals surface area contributed by atoms with E-state index in [1.807, 2.05) is 0 Å². The summed E-state index contributed by atoms with van der Waals surface area (Å²) in [7, 11) is 0. The monoisotopic (exact) mass is 1310 g/mol. The Morgan fingerprint density at radius 1 is 0.354 bits per heavy atom.